The molecule has 0 amide bonds. The van der Waals surface area contributed by atoms with E-state index >= 15 is 0 Å². The van der Waals surface area contributed by atoms with E-state index in [1.807, 2.05) is 19.9 Å². The van der Waals surface area contributed by atoms with Crippen LogP contribution in [0.25, 0.3) is 0 Å². The van der Waals surface area contributed by atoms with Gasteiger partial charge in [0.25, 0.3) is 0 Å². The second kappa shape index (κ2) is 4.27. The monoisotopic (exact) mass is 165 g/mol. The van der Waals surface area contributed by atoms with Gasteiger partial charge in [0.1, 0.15) is 0 Å². The van der Waals surface area contributed by atoms with Gasteiger partial charge in [-0.25, -0.2) is 0 Å². The van der Waals surface area contributed by atoms with E-state index in [0.29, 0.717) is 0 Å². The van der Waals surface area contributed by atoms with Gasteiger partial charge in [-0.3, -0.25) is 5.10 Å². The Labute approximate surface area is 70.2 Å². The van der Waals surface area contributed by atoms with Gasteiger partial charge in [-0.15, -0.1) is 0 Å². The molecule has 0 bridgehead atoms. The summed E-state index contributed by atoms with van der Waals surface area (Å²) in [7, 11) is 0. The van der Waals surface area contributed by atoms with E-state index in [1.54, 1.807) is 12.4 Å². The fraction of sp³-hybridized carbons (Fsp3) is 0.286. The maximum atomic E-state index is 3.89. The zero-order valence-corrected chi connectivity index (χ0v) is 7.07. The lowest BCUT2D eigenvalue weighted by Gasteiger charge is -1.68. The lowest BCUT2D eigenvalue weighted by molar-refractivity contribution is 0.940. The van der Waals surface area contributed by atoms with E-state index in [1.165, 1.54) is 0 Å². The molecule has 0 saturated carbocycles. The van der Waals surface area contributed by atoms with Gasteiger partial charge in [0.05, 0.1) is 18.1 Å². The van der Waals surface area contributed by atoms with Crippen LogP contribution >= 0.6 is 0 Å². The third-order valence-electron chi connectivity index (χ3n) is 1.17. The minimum atomic E-state index is 1.05. The van der Waals surface area contributed by atoms with Crippen LogP contribution in [0.2, 0.25) is 0 Å². The molecule has 12 heavy (non-hydrogen) atoms. The standard InChI is InChI=1S/C5H8N2.C2H3N3/c1-4-3-5(2)7-6-4;1-2-4-5-3-1/h3H,1-2H3,(H,6,7);1-2H,(H,3,4,5). The Hall–Kier alpha value is -1.65. The highest BCUT2D eigenvalue weighted by Gasteiger charge is 1.84. The molecule has 0 spiro atoms. The molecule has 5 nitrogen and oxygen atoms in total. The van der Waals surface area contributed by atoms with Crippen LogP contribution in [-0.4, -0.2) is 25.6 Å². The highest BCUT2D eigenvalue weighted by atomic mass is 15.3. The molecule has 0 aliphatic rings. The molecular weight excluding hydrogens is 154 g/mol. The van der Waals surface area contributed by atoms with E-state index < -0.39 is 0 Å². The van der Waals surface area contributed by atoms with Crippen molar-refractivity contribution in [1.29, 1.82) is 0 Å². The van der Waals surface area contributed by atoms with Crippen LogP contribution in [0, 0.1) is 13.8 Å². The molecule has 0 radical (unpaired) electrons. The van der Waals surface area contributed by atoms with Crippen LogP contribution in [-0.2, 0) is 0 Å². The third-order valence-corrected chi connectivity index (χ3v) is 1.17. The van der Waals surface area contributed by atoms with Crippen LogP contribution in [0.4, 0.5) is 0 Å². The highest BCUT2D eigenvalue weighted by molar-refractivity contribution is 5.03. The number of hydrogen-bond acceptors (Lipinski definition) is 3. The van der Waals surface area contributed by atoms with Crippen molar-refractivity contribution in [3.63, 3.8) is 0 Å². The fourth-order valence-corrected chi connectivity index (χ4v) is 0.721. The first kappa shape index (κ1) is 8.45. The summed E-state index contributed by atoms with van der Waals surface area (Å²) in [6, 6.07) is 2.00. The summed E-state index contributed by atoms with van der Waals surface area (Å²) in [5.74, 6) is 0. The van der Waals surface area contributed by atoms with Crippen LogP contribution < -0.4 is 0 Å². The molecular formula is C7H11N5. The Balaban J connectivity index is 0.000000127. The lowest BCUT2D eigenvalue weighted by atomic mass is 10.4. The quantitative estimate of drug-likeness (QED) is 0.607. The Bertz CT molecular complexity index is 263. The molecule has 0 fully saturated rings. The number of aromatic nitrogens is 5. The van der Waals surface area contributed by atoms with Gasteiger partial charge in [-0.05, 0) is 19.9 Å². The minimum absolute atomic E-state index is 1.05. The van der Waals surface area contributed by atoms with Crippen LogP contribution in [0.3, 0.4) is 0 Å². The first-order valence-electron chi connectivity index (χ1n) is 3.57. The molecule has 5 heteroatoms. The van der Waals surface area contributed by atoms with E-state index in [4.69, 9.17) is 0 Å². The third kappa shape index (κ3) is 2.96. The fourth-order valence-electron chi connectivity index (χ4n) is 0.721. The average molecular weight is 165 g/mol. The molecule has 0 saturated heterocycles. The number of aromatic amines is 2. The number of nitrogens with one attached hydrogen (secondary N) is 2. The van der Waals surface area contributed by atoms with E-state index in [2.05, 4.69) is 25.6 Å². The van der Waals surface area contributed by atoms with Crippen molar-refractivity contribution in [3.05, 3.63) is 29.8 Å². The molecule has 2 N–H and O–H groups in total. The van der Waals surface area contributed by atoms with Gasteiger partial charge in [0.2, 0.25) is 0 Å². The van der Waals surface area contributed by atoms with E-state index in [9.17, 15) is 0 Å². The molecule has 0 aromatic carbocycles. The predicted octanol–water partition coefficient (Wildman–Crippen LogP) is 0.831. The first-order valence-corrected chi connectivity index (χ1v) is 3.57. The number of rotatable bonds is 0. The molecule has 2 heterocycles. The van der Waals surface area contributed by atoms with E-state index in [0.717, 1.165) is 11.4 Å². The number of hydrogen-bond donors (Lipinski definition) is 2. The molecule has 2 aromatic heterocycles. The van der Waals surface area contributed by atoms with Crippen molar-refractivity contribution >= 4 is 0 Å². The Morgan fingerprint density at radius 1 is 1.17 bits per heavy atom. The van der Waals surface area contributed by atoms with Gasteiger partial charge in [-0.2, -0.15) is 20.5 Å². The summed E-state index contributed by atoms with van der Waals surface area (Å²) in [6.07, 6.45) is 3.17. The Morgan fingerprint density at radius 3 is 2.00 bits per heavy atom. The first-order chi connectivity index (χ1) is 5.79. The smallest absolute Gasteiger partial charge is 0.0690 e. The SMILES string of the molecule is Cc1cc(C)[nH]n1.c1cn[nH]n1. The van der Waals surface area contributed by atoms with Crippen molar-refractivity contribution in [3.8, 4) is 0 Å². The van der Waals surface area contributed by atoms with Crippen LogP contribution in [0.1, 0.15) is 11.4 Å². The number of H-pyrrole nitrogens is 2. The Morgan fingerprint density at radius 2 is 1.83 bits per heavy atom. The van der Waals surface area contributed by atoms with Gasteiger partial charge in [0.15, 0.2) is 0 Å². The second-order valence-corrected chi connectivity index (χ2v) is 2.35. The number of aryl methyl sites for hydroxylation is 2. The molecule has 0 aliphatic carbocycles. The maximum Gasteiger partial charge on any atom is 0.0690 e. The van der Waals surface area contributed by atoms with Crippen LogP contribution in [0.5, 0.6) is 0 Å². The summed E-state index contributed by atoms with van der Waals surface area (Å²) in [5, 5.41) is 16.0. The summed E-state index contributed by atoms with van der Waals surface area (Å²) in [5.41, 5.74) is 2.18. The molecule has 2 aromatic rings. The number of nitrogens with zero attached hydrogens (tertiary/aromatic N) is 3. The summed E-state index contributed by atoms with van der Waals surface area (Å²) >= 11 is 0. The summed E-state index contributed by atoms with van der Waals surface area (Å²) in [4.78, 5) is 0. The Kier molecular flexibility index (Phi) is 3.01. The summed E-state index contributed by atoms with van der Waals surface area (Å²) in [6.45, 7) is 3.95. The van der Waals surface area contributed by atoms with Gasteiger partial charge in [0, 0.05) is 5.69 Å². The van der Waals surface area contributed by atoms with E-state index in [-0.39, 0.29) is 0 Å². The molecule has 2 rings (SSSR count). The van der Waals surface area contributed by atoms with Gasteiger partial charge < -0.3 is 0 Å². The normalized spacial score (nSPS) is 8.83. The van der Waals surface area contributed by atoms with Crippen LogP contribution in [0.15, 0.2) is 18.5 Å². The topological polar surface area (TPSA) is 70.2 Å². The maximum absolute atomic E-state index is 3.89. The zero-order valence-electron chi connectivity index (χ0n) is 7.07. The largest absolute Gasteiger partial charge is 0.283 e. The minimum Gasteiger partial charge on any atom is -0.283 e. The lowest BCUT2D eigenvalue weighted by Crippen LogP contribution is -1.68. The highest BCUT2D eigenvalue weighted by Crippen LogP contribution is 1.92. The predicted molar refractivity (Wildman–Crippen MR) is 44.4 cm³/mol. The van der Waals surface area contributed by atoms with Crippen molar-refractivity contribution in [2.75, 3.05) is 0 Å². The van der Waals surface area contributed by atoms with Crippen molar-refractivity contribution in [1.82, 2.24) is 25.6 Å². The van der Waals surface area contributed by atoms with Gasteiger partial charge >= 0.3 is 0 Å². The second-order valence-electron chi connectivity index (χ2n) is 2.35. The molecule has 0 atom stereocenters. The molecule has 64 valence electrons. The molecule has 0 aliphatic heterocycles. The molecule has 0 unspecified atom stereocenters. The summed E-state index contributed by atoms with van der Waals surface area (Å²) < 4.78 is 0. The van der Waals surface area contributed by atoms with Crippen molar-refractivity contribution < 1.29 is 0 Å². The average Bonchev–Trinajstić information content (AvgIpc) is 2.63. The zero-order chi connectivity index (χ0) is 8.81. The van der Waals surface area contributed by atoms with Crippen molar-refractivity contribution in [2.24, 2.45) is 0 Å². The van der Waals surface area contributed by atoms with Crippen molar-refractivity contribution in [2.45, 2.75) is 13.8 Å². The van der Waals surface area contributed by atoms with Gasteiger partial charge in [-0.1, -0.05) is 0 Å².